The van der Waals surface area contributed by atoms with Crippen molar-refractivity contribution in [2.45, 2.75) is 226 Å². The van der Waals surface area contributed by atoms with Crippen molar-refractivity contribution < 1.29 is 14.6 Å². The molecule has 0 aromatic heterocycles. The Bertz CT molecular complexity index is 817. The van der Waals surface area contributed by atoms with Gasteiger partial charge in [0.05, 0.1) is 12.7 Å². The van der Waals surface area contributed by atoms with E-state index >= 15 is 0 Å². The van der Waals surface area contributed by atoms with Crippen molar-refractivity contribution in [2.24, 2.45) is 0 Å². The zero-order valence-electron chi connectivity index (χ0n) is 31.3. The lowest BCUT2D eigenvalue weighted by Gasteiger charge is -2.12. The van der Waals surface area contributed by atoms with Crippen LogP contribution in [0.2, 0.25) is 0 Å². The maximum Gasteiger partial charge on any atom is 0.166 e. The Morgan fingerprint density at radius 1 is 0.500 bits per heavy atom. The maximum atomic E-state index is 13.0. The number of phenols is 1. The maximum absolute atomic E-state index is 13.0. The molecule has 0 fully saturated rings. The molecule has 0 saturated heterocycles. The van der Waals surface area contributed by atoms with Gasteiger partial charge in [-0.2, -0.15) is 0 Å². The van der Waals surface area contributed by atoms with E-state index in [9.17, 15) is 9.90 Å². The second kappa shape index (κ2) is 32.1. The Morgan fingerprint density at radius 3 is 1.17 bits per heavy atom. The van der Waals surface area contributed by atoms with Gasteiger partial charge in [-0.05, 0) is 37.0 Å². The van der Waals surface area contributed by atoms with Crippen LogP contribution in [0.15, 0.2) is 12.1 Å². The number of ketones is 1. The molecule has 1 aromatic carbocycles. The number of hydrogen-bond acceptors (Lipinski definition) is 3. The van der Waals surface area contributed by atoms with E-state index in [-0.39, 0.29) is 11.5 Å². The lowest BCUT2D eigenvalue weighted by Crippen LogP contribution is -2.03. The minimum Gasteiger partial charge on any atom is -0.507 e. The molecule has 1 aromatic rings. The first kappa shape index (κ1) is 42.5. The summed E-state index contributed by atoms with van der Waals surface area (Å²) in [5.74, 6) is 0.927. The molecular formula is C43H78O3. The number of rotatable bonds is 35. The monoisotopic (exact) mass is 643 g/mol. The summed E-state index contributed by atoms with van der Waals surface area (Å²) in [5, 5.41) is 11.0. The molecule has 0 aliphatic rings. The second-order valence-electron chi connectivity index (χ2n) is 14.4. The van der Waals surface area contributed by atoms with Gasteiger partial charge in [0.25, 0.3) is 0 Å². The Hall–Kier alpha value is -1.51. The van der Waals surface area contributed by atoms with Crippen LogP contribution in [0.25, 0.3) is 0 Å². The van der Waals surface area contributed by atoms with Crippen molar-refractivity contribution >= 4 is 5.78 Å². The van der Waals surface area contributed by atoms with Gasteiger partial charge in [0.1, 0.15) is 11.5 Å². The zero-order chi connectivity index (χ0) is 33.3. The molecule has 0 amide bonds. The van der Waals surface area contributed by atoms with Crippen molar-refractivity contribution in [3.8, 4) is 11.5 Å². The van der Waals surface area contributed by atoms with Crippen molar-refractivity contribution in [3.63, 3.8) is 0 Å². The number of carbonyl (C=O) groups excluding carboxylic acids is 1. The van der Waals surface area contributed by atoms with Gasteiger partial charge >= 0.3 is 0 Å². The van der Waals surface area contributed by atoms with Gasteiger partial charge in [-0.3, -0.25) is 4.79 Å². The number of unbranched alkanes of at least 4 members (excludes halogenated alkanes) is 29. The minimum absolute atomic E-state index is 0.0549. The Balaban J connectivity index is 2.11. The van der Waals surface area contributed by atoms with Crippen LogP contribution in [0.1, 0.15) is 235 Å². The number of aryl methyl sites for hydroxylation is 1. The third kappa shape index (κ3) is 23.8. The van der Waals surface area contributed by atoms with Crippen LogP contribution in [0.5, 0.6) is 11.5 Å². The van der Waals surface area contributed by atoms with E-state index in [0.29, 0.717) is 17.7 Å². The minimum atomic E-state index is 0.0549. The first-order chi connectivity index (χ1) is 22.6. The van der Waals surface area contributed by atoms with Crippen LogP contribution >= 0.6 is 0 Å². The summed E-state index contributed by atoms with van der Waals surface area (Å²) in [7, 11) is 1.65. The van der Waals surface area contributed by atoms with E-state index in [1.807, 2.05) is 6.07 Å². The number of benzene rings is 1. The molecule has 3 nitrogen and oxygen atoms in total. The molecule has 0 radical (unpaired) electrons. The first-order valence-electron chi connectivity index (χ1n) is 20.6. The normalized spacial score (nSPS) is 11.4. The van der Waals surface area contributed by atoms with Crippen molar-refractivity contribution in [1.29, 1.82) is 0 Å². The van der Waals surface area contributed by atoms with Gasteiger partial charge < -0.3 is 9.84 Å². The Morgan fingerprint density at radius 2 is 0.826 bits per heavy atom. The highest BCUT2D eigenvalue weighted by molar-refractivity contribution is 5.99. The third-order valence-corrected chi connectivity index (χ3v) is 10.0. The smallest absolute Gasteiger partial charge is 0.166 e. The third-order valence-electron chi connectivity index (χ3n) is 10.0. The van der Waals surface area contributed by atoms with Crippen molar-refractivity contribution in [2.75, 3.05) is 7.11 Å². The largest absolute Gasteiger partial charge is 0.507 e. The molecule has 3 heteroatoms. The lowest BCUT2D eigenvalue weighted by atomic mass is 9.97. The molecular weight excluding hydrogens is 564 g/mol. The van der Waals surface area contributed by atoms with Crippen LogP contribution < -0.4 is 4.74 Å². The number of phenolic OH excluding ortho intramolecular Hbond substituents is 1. The fraction of sp³-hybridized carbons (Fsp3) is 0.837. The van der Waals surface area contributed by atoms with Gasteiger partial charge in [0, 0.05) is 6.42 Å². The van der Waals surface area contributed by atoms with Gasteiger partial charge in [-0.1, -0.05) is 200 Å². The summed E-state index contributed by atoms with van der Waals surface area (Å²) in [6, 6.07) is 3.66. The average Bonchev–Trinajstić information content (AvgIpc) is 3.06. The molecule has 0 heterocycles. The van der Waals surface area contributed by atoms with E-state index in [1.165, 1.54) is 180 Å². The second-order valence-corrected chi connectivity index (χ2v) is 14.4. The van der Waals surface area contributed by atoms with Crippen molar-refractivity contribution in [3.05, 3.63) is 23.3 Å². The molecule has 0 spiro atoms. The number of carbonyl (C=O) groups is 1. The van der Waals surface area contributed by atoms with Gasteiger partial charge in [-0.25, -0.2) is 0 Å². The number of ether oxygens (including phenoxy) is 1. The standard InChI is InChI=1S/C43H78O3/c1-4-6-8-10-12-14-16-18-20-22-23-25-27-29-31-33-35-39-37-40(46-3)38-41(43(39)45)42(44)36-34-32-30-28-26-24-21-19-17-15-13-11-9-7-5-2/h37-38,45H,4-36H2,1-3H3. The van der Waals surface area contributed by atoms with E-state index in [1.54, 1.807) is 13.2 Å². The molecule has 0 aliphatic carbocycles. The summed E-state index contributed by atoms with van der Waals surface area (Å²) in [6.07, 6.45) is 42.7. The predicted molar refractivity (Wildman–Crippen MR) is 202 cm³/mol. The quantitative estimate of drug-likeness (QED) is 0.0592. The van der Waals surface area contributed by atoms with Crippen LogP contribution in [0.4, 0.5) is 0 Å². The van der Waals surface area contributed by atoms with Gasteiger partial charge in [0.15, 0.2) is 5.78 Å². The summed E-state index contributed by atoms with van der Waals surface area (Å²) in [6.45, 7) is 4.57. The average molecular weight is 643 g/mol. The highest BCUT2D eigenvalue weighted by Gasteiger charge is 2.16. The van der Waals surface area contributed by atoms with Crippen molar-refractivity contribution in [1.82, 2.24) is 0 Å². The summed E-state index contributed by atoms with van der Waals surface area (Å²) < 4.78 is 5.50. The Kier molecular flexibility index (Phi) is 29.6. The van der Waals surface area contributed by atoms with Gasteiger partial charge in [-0.15, -0.1) is 0 Å². The topological polar surface area (TPSA) is 46.5 Å². The van der Waals surface area contributed by atoms with E-state index in [4.69, 9.17) is 4.74 Å². The summed E-state index contributed by atoms with van der Waals surface area (Å²) in [4.78, 5) is 13.0. The number of hydrogen-bond donors (Lipinski definition) is 1. The molecule has 1 rings (SSSR count). The molecule has 0 unspecified atom stereocenters. The van der Waals surface area contributed by atoms with E-state index in [0.717, 1.165) is 31.2 Å². The van der Waals surface area contributed by atoms with Crippen LogP contribution in [-0.4, -0.2) is 18.0 Å². The van der Waals surface area contributed by atoms with Crippen LogP contribution in [0.3, 0.4) is 0 Å². The lowest BCUT2D eigenvalue weighted by molar-refractivity contribution is 0.0976. The number of aromatic hydroxyl groups is 1. The highest BCUT2D eigenvalue weighted by atomic mass is 16.5. The summed E-state index contributed by atoms with van der Waals surface area (Å²) >= 11 is 0. The van der Waals surface area contributed by atoms with Crippen LogP contribution in [-0.2, 0) is 6.42 Å². The van der Waals surface area contributed by atoms with Crippen LogP contribution in [0, 0.1) is 0 Å². The number of methoxy groups -OCH3 is 1. The molecule has 0 saturated carbocycles. The molecule has 1 N–H and O–H groups in total. The first-order valence-corrected chi connectivity index (χ1v) is 20.6. The molecule has 268 valence electrons. The fourth-order valence-electron chi connectivity index (χ4n) is 6.84. The highest BCUT2D eigenvalue weighted by Crippen LogP contribution is 2.31. The zero-order valence-corrected chi connectivity index (χ0v) is 31.3. The van der Waals surface area contributed by atoms with E-state index < -0.39 is 0 Å². The SMILES string of the molecule is CCCCCCCCCCCCCCCCCCc1cc(OC)cc(C(=O)CCCCCCCCCCCCCCCCC)c1O. The molecule has 46 heavy (non-hydrogen) atoms. The number of Topliss-reactive ketones (excluding diaryl/α,β-unsaturated/α-hetero) is 1. The Labute approximate surface area is 287 Å². The predicted octanol–water partition coefficient (Wildman–Crippen LogP) is 14.6. The molecule has 0 aliphatic heterocycles. The molecule has 0 atom stereocenters. The van der Waals surface area contributed by atoms with E-state index in [2.05, 4.69) is 13.8 Å². The summed E-state index contributed by atoms with van der Waals surface area (Å²) in [5.41, 5.74) is 1.32. The fourth-order valence-corrected chi connectivity index (χ4v) is 6.84. The molecule has 0 bridgehead atoms. The van der Waals surface area contributed by atoms with Gasteiger partial charge in [0.2, 0.25) is 0 Å².